The van der Waals surface area contributed by atoms with Gasteiger partial charge in [0.15, 0.2) is 11.8 Å². The molecule has 0 radical (unpaired) electrons. The quantitative estimate of drug-likeness (QED) is 0.580. The first kappa shape index (κ1) is 18.2. The highest BCUT2D eigenvalue weighted by atomic mass is 16.5. The summed E-state index contributed by atoms with van der Waals surface area (Å²) in [6, 6.07) is 0.458. The molecule has 2 unspecified atom stereocenters. The van der Waals surface area contributed by atoms with E-state index in [1.165, 1.54) is 19.3 Å². The van der Waals surface area contributed by atoms with Gasteiger partial charge < -0.3 is 19.9 Å². The zero-order valence-corrected chi connectivity index (χ0v) is 15.8. The average molecular weight is 349 g/mol. The Morgan fingerprint density at radius 3 is 2.80 bits per heavy atom. The molecular weight excluding hydrogens is 318 g/mol. The lowest BCUT2D eigenvalue weighted by Crippen LogP contribution is -2.68. The molecule has 7 heteroatoms. The standard InChI is InChI=1S/C18H31N5O2/c1-5-24-14-11-13(18(14)8-6-9-18)21-17(19-4)20-10-7-15-22-16(12(2)3)23-25-15/h12-14H,5-11H2,1-4H3,(H2,19,20,21). The van der Waals surface area contributed by atoms with E-state index in [1.54, 1.807) is 0 Å². The van der Waals surface area contributed by atoms with Crippen LogP contribution in [0, 0.1) is 5.41 Å². The fourth-order valence-corrected chi connectivity index (χ4v) is 3.89. The minimum absolute atomic E-state index is 0.287. The van der Waals surface area contributed by atoms with E-state index in [-0.39, 0.29) is 5.92 Å². The van der Waals surface area contributed by atoms with Gasteiger partial charge in [-0.05, 0) is 26.2 Å². The fourth-order valence-electron chi connectivity index (χ4n) is 3.89. The van der Waals surface area contributed by atoms with Crippen LogP contribution in [0.1, 0.15) is 64.1 Å². The van der Waals surface area contributed by atoms with E-state index in [9.17, 15) is 0 Å². The third-order valence-electron chi connectivity index (χ3n) is 5.60. The molecule has 2 aliphatic rings. The molecular formula is C18H31N5O2. The van der Waals surface area contributed by atoms with Crippen molar-refractivity contribution in [2.75, 3.05) is 20.2 Å². The van der Waals surface area contributed by atoms with E-state index in [0.717, 1.165) is 24.8 Å². The average Bonchev–Trinajstić information content (AvgIpc) is 2.99. The lowest BCUT2D eigenvalue weighted by molar-refractivity contribution is -0.168. The second-order valence-corrected chi connectivity index (χ2v) is 7.41. The van der Waals surface area contributed by atoms with Gasteiger partial charge in [0, 0.05) is 44.0 Å². The van der Waals surface area contributed by atoms with Crippen LogP contribution in [0.3, 0.4) is 0 Å². The summed E-state index contributed by atoms with van der Waals surface area (Å²) in [5.74, 6) is 2.56. The molecule has 2 saturated carbocycles. The highest BCUT2D eigenvalue weighted by Crippen LogP contribution is 2.57. The molecule has 1 aromatic heterocycles. The first-order valence-corrected chi connectivity index (χ1v) is 9.50. The van der Waals surface area contributed by atoms with Crippen LogP contribution in [-0.2, 0) is 11.2 Å². The van der Waals surface area contributed by atoms with Gasteiger partial charge in [-0.25, -0.2) is 0 Å². The van der Waals surface area contributed by atoms with Crippen LogP contribution in [0.4, 0.5) is 0 Å². The molecule has 0 aliphatic heterocycles. The molecule has 1 aromatic rings. The van der Waals surface area contributed by atoms with Crippen molar-refractivity contribution in [2.45, 2.75) is 70.9 Å². The zero-order chi connectivity index (χ0) is 17.9. The van der Waals surface area contributed by atoms with Crippen molar-refractivity contribution in [3.8, 4) is 0 Å². The predicted molar refractivity (Wildman–Crippen MR) is 96.7 cm³/mol. The third-order valence-corrected chi connectivity index (χ3v) is 5.60. The lowest BCUT2D eigenvalue weighted by Gasteiger charge is -2.61. The highest BCUT2D eigenvalue weighted by molar-refractivity contribution is 5.80. The Kier molecular flexibility index (Phi) is 5.61. The number of nitrogens with one attached hydrogen (secondary N) is 2. The Morgan fingerprint density at radius 1 is 1.44 bits per heavy atom. The highest BCUT2D eigenvalue weighted by Gasteiger charge is 2.59. The third kappa shape index (κ3) is 3.66. The monoisotopic (exact) mass is 349 g/mol. The number of rotatable bonds is 7. The molecule has 1 heterocycles. The normalized spacial score (nSPS) is 24.9. The molecule has 1 spiro atoms. The summed E-state index contributed by atoms with van der Waals surface area (Å²) in [5, 5.41) is 10.9. The van der Waals surface area contributed by atoms with Crippen LogP contribution in [-0.4, -0.2) is 48.4 Å². The second kappa shape index (κ2) is 7.72. The van der Waals surface area contributed by atoms with Gasteiger partial charge in [-0.15, -0.1) is 0 Å². The smallest absolute Gasteiger partial charge is 0.228 e. The first-order chi connectivity index (χ1) is 12.1. The van der Waals surface area contributed by atoms with E-state index in [4.69, 9.17) is 9.26 Å². The van der Waals surface area contributed by atoms with Crippen LogP contribution < -0.4 is 10.6 Å². The van der Waals surface area contributed by atoms with Crippen LogP contribution in [0.15, 0.2) is 9.52 Å². The number of ether oxygens (including phenoxy) is 1. The van der Waals surface area contributed by atoms with Crippen LogP contribution >= 0.6 is 0 Å². The van der Waals surface area contributed by atoms with Crippen LogP contribution in [0.2, 0.25) is 0 Å². The summed E-state index contributed by atoms with van der Waals surface area (Å²) in [6.07, 6.45) is 5.99. The minimum atomic E-state index is 0.287. The van der Waals surface area contributed by atoms with E-state index >= 15 is 0 Å². The largest absolute Gasteiger partial charge is 0.378 e. The molecule has 0 amide bonds. The van der Waals surface area contributed by atoms with Crippen molar-refractivity contribution in [1.29, 1.82) is 0 Å². The van der Waals surface area contributed by atoms with E-state index in [0.29, 0.717) is 36.4 Å². The molecule has 2 fully saturated rings. The van der Waals surface area contributed by atoms with Gasteiger partial charge in [-0.3, -0.25) is 4.99 Å². The molecule has 2 aliphatic carbocycles. The van der Waals surface area contributed by atoms with Crippen molar-refractivity contribution in [3.63, 3.8) is 0 Å². The van der Waals surface area contributed by atoms with Gasteiger partial charge in [0.1, 0.15) is 0 Å². The van der Waals surface area contributed by atoms with E-state index in [2.05, 4.69) is 46.5 Å². The van der Waals surface area contributed by atoms with Gasteiger partial charge in [0.2, 0.25) is 5.89 Å². The van der Waals surface area contributed by atoms with E-state index < -0.39 is 0 Å². The minimum Gasteiger partial charge on any atom is -0.378 e. The maximum absolute atomic E-state index is 5.91. The molecule has 25 heavy (non-hydrogen) atoms. The number of nitrogens with zero attached hydrogens (tertiary/aromatic N) is 3. The number of guanidine groups is 1. The zero-order valence-electron chi connectivity index (χ0n) is 15.8. The van der Waals surface area contributed by atoms with Gasteiger partial charge in [0.25, 0.3) is 0 Å². The molecule has 2 N–H and O–H groups in total. The number of hydrogen-bond donors (Lipinski definition) is 2. The Bertz CT molecular complexity index is 594. The first-order valence-electron chi connectivity index (χ1n) is 9.50. The Hall–Kier alpha value is -1.63. The van der Waals surface area contributed by atoms with Crippen molar-refractivity contribution in [1.82, 2.24) is 20.8 Å². The van der Waals surface area contributed by atoms with Crippen molar-refractivity contribution >= 4 is 5.96 Å². The van der Waals surface area contributed by atoms with Crippen LogP contribution in [0.5, 0.6) is 0 Å². The Morgan fingerprint density at radius 2 is 2.24 bits per heavy atom. The van der Waals surface area contributed by atoms with Gasteiger partial charge in [-0.2, -0.15) is 4.98 Å². The number of hydrogen-bond acceptors (Lipinski definition) is 5. The van der Waals surface area contributed by atoms with E-state index in [1.807, 2.05) is 7.05 Å². The SMILES string of the molecule is CCOC1CC(NC(=NC)NCCc2nc(C(C)C)no2)C12CCC2. The van der Waals surface area contributed by atoms with Gasteiger partial charge >= 0.3 is 0 Å². The molecule has 140 valence electrons. The molecule has 0 bridgehead atoms. The number of aliphatic imine (C=N–C) groups is 1. The molecule has 3 rings (SSSR count). The lowest BCUT2D eigenvalue weighted by atomic mass is 9.51. The van der Waals surface area contributed by atoms with Crippen molar-refractivity contribution in [3.05, 3.63) is 11.7 Å². The molecule has 7 nitrogen and oxygen atoms in total. The summed E-state index contributed by atoms with van der Waals surface area (Å²) in [7, 11) is 1.81. The maximum atomic E-state index is 5.91. The maximum Gasteiger partial charge on any atom is 0.228 e. The summed E-state index contributed by atoms with van der Waals surface area (Å²) >= 11 is 0. The summed E-state index contributed by atoms with van der Waals surface area (Å²) in [5.41, 5.74) is 0.326. The topological polar surface area (TPSA) is 84.6 Å². The fraction of sp³-hybridized carbons (Fsp3) is 0.833. The van der Waals surface area contributed by atoms with Crippen molar-refractivity contribution < 1.29 is 9.26 Å². The summed E-state index contributed by atoms with van der Waals surface area (Å²) in [4.78, 5) is 8.76. The molecule has 2 atom stereocenters. The summed E-state index contributed by atoms with van der Waals surface area (Å²) in [6.45, 7) is 7.71. The Balaban J connectivity index is 1.45. The van der Waals surface area contributed by atoms with Crippen LogP contribution in [0.25, 0.3) is 0 Å². The van der Waals surface area contributed by atoms with Gasteiger partial charge in [-0.1, -0.05) is 25.4 Å². The summed E-state index contributed by atoms with van der Waals surface area (Å²) < 4.78 is 11.2. The second-order valence-electron chi connectivity index (χ2n) is 7.41. The van der Waals surface area contributed by atoms with Gasteiger partial charge in [0.05, 0.1) is 6.10 Å². The Labute approximate surface area is 150 Å². The number of aromatic nitrogens is 2. The predicted octanol–water partition coefficient (Wildman–Crippen LogP) is 2.25. The van der Waals surface area contributed by atoms with Crippen molar-refractivity contribution in [2.24, 2.45) is 10.4 Å². The molecule has 0 saturated heterocycles. The molecule has 0 aromatic carbocycles.